The van der Waals surface area contributed by atoms with Gasteiger partial charge in [0.1, 0.15) is 0 Å². The molecule has 2 aromatic rings. The maximum Gasteiger partial charge on any atom is 0.166 e. The molecule has 0 amide bonds. The molecule has 1 aliphatic carbocycles. The molecule has 1 aliphatic heterocycles. The van der Waals surface area contributed by atoms with Crippen molar-refractivity contribution in [1.82, 2.24) is 4.90 Å². The van der Waals surface area contributed by atoms with Gasteiger partial charge in [-0.15, -0.1) is 0 Å². The van der Waals surface area contributed by atoms with Crippen LogP contribution in [0.4, 0.5) is 0 Å². The Kier molecular flexibility index (Phi) is 9.64. The first-order chi connectivity index (χ1) is 17.3. The minimum absolute atomic E-state index is 0.109. The number of ketones is 1. The van der Waals surface area contributed by atoms with Gasteiger partial charge in [-0.2, -0.15) is 0 Å². The van der Waals surface area contributed by atoms with Gasteiger partial charge >= 0.3 is 0 Å². The number of carbonyl (C=O) groups is 3. The summed E-state index contributed by atoms with van der Waals surface area (Å²) >= 11 is 0. The van der Waals surface area contributed by atoms with Gasteiger partial charge in [0.15, 0.2) is 17.3 Å². The number of fused-ring (bicyclic) bond motifs is 1. The van der Waals surface area contributed by atoms with E-state index in [4.69, 9.17) is 9.47 Å². The molecule has 192 valence electrons. The van der Waals surface area contributed by atoms with Crippen molar-refractivity contribution in [2.45, 2.75) is 32.2 Å². The van der Waals surface area contributed by atoms with E-state index in [1.807, 2.05) is 12.1 Å². The van der Waals surface area contributed by atoms with E-state index in [0.29, 0.717) is 29.6 Å². The van der Waals surface area contributed by atoms with E-state index < -0.39 is 11.9 Å². The maximum atomic E-state index is 12.9. The monoisotopic (exact) mass is 493 g/mol. The number of nitrogens with zero attached hydrogens (tertiary/aromatic N) is 1. The SMILES string of the molecule is COc1cc2c(cc1OC)C(=O)C(CC1CCN(Cc3ccccc3)CC1)C2.O=C([O-])/C=C/C(=O)[O-]. The second-order valence-electron chi connectivity index (χ2n) is 9.04. The minimum atomic E-state index is -1.55. The topological polar surface area (TPSA) is 119 Å². The molecule has 36 heavy (non-hydrogen) atoms. The zero-order valence-corrected chi connectivity index (χ0v) is 20.6. The molecule has 0 bridgehead atoms. The average molecular weight is 494 g/mol. The number of ether oxygens (including phenoxy) is 2. The zero-order valence-electron chi connectivity index (χ0n) is 20.6. The molecule has 1 saturated heterocycles. The Hall–Kier alpha value is -3.65. The van der Waals surface area contributed by atoms with Crippen LogP contribution in [0.1, 0.15) is 40.7 Å². The minimum Gasteiger partial charge on any atom is -0.545 e. The molecule has 1 unspecified atom stereocenters. The van der Waals surface area contributed by atoms with E-state index in [1.165, 1.54) is 18.4 Å². The Bertz CT molecular complexity index is 1070. The van der Waals surface area contributed by atoms with Crippen LogP contribution in [-0.4, -0.2) is 49.9 Å². The first-order valence-corrected chi connectivity index (χ1v) is 12.0. The third kappa shape index (κ3) is 7.42. The van der Waals surface area contributed by atoms with Crippen LogP contribution in [0.5, 0.6) is 11.5 Å². The molecule has 0 spiro atoms. The molecule has 1 fully saturated rings. The van der Waals surface area contributed by atoms with Crippen molar-refractivity contribution in [3.63, 3.8) is 0 Å². The Morgan fingerprint density at radius 3 is 2.11 bits per heavy atom. The number of likely N-dealkylation sites (tertiary alicyclic amines) is 1. The van der Waals surface area contributed by atoms with Crippen LogP contribution in [0.3, 0.4) is 0 Å². The van der Waals surface area contributed by atoms with E-state index in [1.54, 1.807) is 14.2 Å². The van der Waals surface area contributed by atoms with Crippen molar-refractivity contribution in [2.75, 3.05) is 27.3 Å². The fourth-order valence-corrected chi connectivity index (χ4v) is 4.85. The van der Waals surface area contributed by atoms with Crippen LogP contribution in [0, 0.1) is 11.8 Å². The smallest absolute Gasteiger partial charge is 0.166 e. The van der Waals surface area contributed by atoms with Crippen LogP contribution in [0.15, 0.2) is 54.6 Å². The summed E-state index contributed by atoms with van der Waals surface area (Å²) in [6.45, 7) is 3.27. The highest BCUT2D eigenvalue weighted by Crippen LogP contribution is 2.39. The van der Waals surface area contributed by atoms with E-state index in [9.17, 15) is 24.6 Å². The average Bonchev–Trinajstić information content (AvgIpc) is 3.18. The molecule has 8 nitrogen and oxygen atoms in total. The number of rotatable bonds is 8. The summed E-state index contributed by atoms with van der Waals surface area (Å²) in [7, 11) is 3.26. The number of methoxy groups -OCH3 is 2. The lowest BCUT2D eigenvalue weighted by Gasteiger charge is -2.32. The molecule has 0 radical (unpaired) electrons. The van der Waals surface area contributed by atoms with Gasteiger partial charge < -0.3 is 29.3 Å². The van der Waals surface area contributed by atoms with Gasteiger partial charge in [-0.3, -0.25) is 9.69 Å². The van der Waals surface area contributed by atoms with E-state index in [0.717, 1.165) is 43.6 Å². The van der Waals surface area contributed by atoms with Gasteiger partial charge in [-0.05, 0) is 80.1 Å². The number of hydrogen-bond donors (Lipinski definition) is 0. The van der Waals surface area contributed by atoms with Crippen LogP contribution < -0.4 is 19.7 Å². The summed E-state index contributed by atoms with van der Waals surface area (Å²) in [5, 5.41) is 18.8. The first-order valence-electron chi connectivity index (χ1n) is 12.0. The Morgan fingerprint density at radius 2 is 1.56 bits per heavy atom. The molecule has 4 rings (SSSR count). The molecule has 0 N–H and O–H groups in total. The van der Waals surface area contributed by atoms with E-state index in [2.05, 4.69) is 35.2 Å². The number of carbonyl (C=O) groups excluding carboxylic acids is 3. The lowest BCUT2D eigenvalue weighted by atomic mass is 9.85. The number of hydrogen-bond acceptors (Lipinski definition) is 8. The fraction of sp³-hybridized carbons (Fsp3) is 0.393. The predicted octanol–water partition coefficient (Wildman–Crippen LogP) is 1.40. The number of piperidine rings is 1. The predicted molar refractivity (Wildman–Crippen MR) is 129 cm³/mol. The van der Waals surface area contributed by atoms with Crippen LogP contribution in [0.2, 0.25) is 0 Å². The Labute approximate surface area is 211 Å². The fourth-order valence-electron chi connectivity index (χ4n) is 4.85. The van der Waals surface area contributed by atoms with Gasteiger partial charge in [0, 0.05) is 18.0 Å². The largest absolute Gasteiger partial charge is 0.545 e. The van der Waals surface area contributed by atoms with Crippen molar-refractivity contribution in [1.29, 1.82) is 0 Å². The quantitative estimate of drug-likeness (QED) is 0.507. The van der Waals surface area contributed by atoms with E-state index in [-0.39, 0.29) is 11.7 Å². The maximum absolute atomic E-state index is 12.9. The third-order valence-electron chi connectivity index (χ3n) is 6.64. The first kappa shape index (κ1) is 26.9. The van der Waals surface area contributed by atoms with Gasteiger partial charge in [0.05, 0.1) is 26.2 Å². The normalized spacial score (nSPS) is 17.8. The molecule has 1 atom stereocenters. The van der Waals surface area contributed by atoms with Crippen LogP contribution in [0.25, 0.3) is 0 Å². The second-order valence-corrected chi connectivity index (χ2v) is 9.04. The number of Topliss-reactive ketones (excluding diaryl/α,β-unsaturated/α-hetero) is 1. The lowest BCUT2D eigenvalue weighted by molar-refractivity contribution is -0.301. The van der Waals surface area contributed by atoms with Gasteiger partial charge in [-0.1, -0.05) is 30.3 Å². The van der Waals surface area contributed by atoms with Gasteiger partial charge in [0.25, 0.3) is 0 Å². The Balaban J connectivity index is 0.000000392. The molecule has 0 aromatic heterocycles. The highest BCUT2D eigenvalue weighted by molar-refractivity contribution is 6.02. The number of carboxylic acids is 2. The van der Waals surface area contributed by atoms with Crippen molar-refractivity contribution < 1.29 is 34.1 Å². The number of aliphatic carboxylic acids is 2. The standard InChI is InChI=1S/C24H29NO3.C4H4O4/c1-27-22-14-19-13-20(24(26)21(19)15-23(22)28-2)12-17-8-10-25(11-9-17)16-18-6-4-3-5-7-18;5-3(6)1-2-4(7)8/h3-7,14-15,17,20H,8-13,16H2,1-2H3;1-2H,(H,5,6)(H,7,8)/p-2/b;2-1+. The summed E-state index contributed by atoms with van der Waals surface area (Å²) < 4.78 is 10.8. The highest BCUT2D eigenvalue weighted by Gasteiger charge is 2.34. The summed E-state index contributed by atoms with van der Waals surface area (Å²) in [5.41, 5.74) is 3.31. The Morgan fingerprint density at radius 1 is 0.972 bits per heavy atom. The summed E-state index contributed by atoms with van der Waals surface area (Å²) in [6.07, 6.45) is 4.96. The molecular formula is C28H31NO7-2. The molecule has 1 heterocycles. The van der Waals surface area contributed by atoms with Crippen molar-refractivity contribution in [2.24, 2.45) is 11.8 Å². The molecule has 0 saturated carbocycles. The zero-order chi connectivity index (χ0) is 26.1. The number of carboxylic acid groups (broad SMARTS) is 2. The molecule has 2 aliphatic rings. The second kappa shape index (κ2) is 12.9. The summed E-state index contributed by atoms with van der Waals surface area (Å²) in [5.74, 6) is -0.712. The van der Waals surface area contributed by atoms with Gasteiger partial charge in [-0.25, -0.2) is 0 Å². The van der Waals surface area contributed by atoms with Crippen LogP contribution in [-0.2, 0) is 22.6 Å². The van der Waals surface area contributed by atoms with Gasteiger partial charge in [0.2, 0.25) is 0 Å². The van der Waals surface area contributed by atoms with Crippen LogP contribution >= 0.6 is 0 Å². The highest BCUT2D eigenvalue weighted by atomic mass is 16.5. The van der Waals surface area contributed by atoms with Crippen molar-refractivity contribution in [3.8, 4) is 11.5 Å². The summed E-state index contributed by atoms with van der Waals surface area (Å²) in [4.78, 5) is 34.3. The van der Waals surface area contributed by atoms with Crippen molar-refractivity contribution >= 4 is 17.7 Å². The summed E-state index contributed by atoms with van der Waals surface area (Å²) in [6, 6.07) is 14.5. The van der Waals surface area contributed by atoms with E-state index >= 15 is 0 Å². The molecule has 8 heteroatoms. The number of benzene rings is 2. The lowest BCUT2D eigenvalue weighted by Crippen LogP contribution is -2.34. The third-order valence-corrected chi connectivity index (χ3v) is 6.64. The molecular weight excluding hydrogens is 462 g/mol. The molecule has 2 aromatic carbocycles. The van der Waals surface area contributed by atoms with Crippen molar-refractivity contribution in [3.05, 3.63) is 71.3 Å².